The van der Waals surface area contributed by atoms with E-state index < -0.39 is 10.9 Å². The van der Waals surface area contributed by atoms with E-state index in [-0.39, 0.29) is 17.4 Å². The number of ether oxygens (including phenoxy) is 1. The van der Waals surface area contributed by atoms with E-state index in [1.54, 1.807) is 25.3 Å². The molecule has 142 valence electrons. The van der Waals surface area contributed by atoms with Gasteiger partial charge < -0.3 is 21.1 Å². The number of methoxy groups -OCH3 is 1. The molecule has 0 saturated carbocycles. The zero-order valence-electron chi connectivity index (χ0n) is 15.4. The zero-order chi connectivity index (χ0) is 19.8. The third kappa shape index (κ3) is 2.94. The molecule has 3 aromatic carbocycles. The fraction of sp³-hybridized carbons (Fsp3) is 0.150. The summed E-state index contributed by atoms with van der Waals surface area (Å²) in [6, 6.07) is 12.7. The minimum Gasteiger partial charge on any atom is -0.497 e. The van der Waals surface area contributed by atoms with Crippen LogP contribution in [0.1, 0.15) is 18.5 Å². The average molecular weight is 377 g/mol. The van der Waals surface area contributed by atoms with Gasteiger partial charge in [0, 0.05) is 17.1 Å². The summed E-state index contributed by atoms with van der Waals surface area (Å²) in [7, 11) is 1.60. The van der Waals surface area contributed by atoms with Crippen LogP contribution in [0.25, 0.3) is 10.9 Å². The summed E-state index contributed by atoms with van der Waals surface area (Å²) in [5.41, 5.74) is 7.60. The number of aromatic nitrogens is 2. The van der Waals surface area contributed by atoms with Gasteiger partial charge in [0.1, 0.15) is 17.1 Å². The number of nitrogens with one attached hydrogen (secondary N) is 3. The molecule has 4 aromatic rings. The molecule has 0 unspecified atom stereocenters. The average Bonchev–Trinajstić information content (AvgIpc) is 3.10. The van der Waals surface area contributed by atoms with Crippen LogP contribution in [0, 0.1) is 0 Å². The van der Waals surface area contributed by atoms with E-state index in [2.05, 4.69) is 20.8 Å². The molecule has 0 fully saturated rings. The molecule has 1 heterocycles. The normalized spacial score (nSPS) is 12.2. The second-order valence-electron chi connectivity index (χ2n) is 6.55. The van der Waals surface area contributed by atoms with Crippen LogP contribution in [0.15, 0.2) is 52.1 Å². The zero-order valence-corrected chi connectivity index (χ0v) is 15.4. The van der Waals surface area contributed by atoms with Crippen molar-refractivity contribution in [3.05, 3.63) is 68.5 Å². The van der Waals surface area contributed by atoms with Crippen LogP contribution in [-0.2, 0) is 0 Å². The van der Waals surface area contributed by atoms with Crippen molar-refractivity contribution in [3.63, 3.8) is 0 Å². The summed E-state index contributed by atoms with van der Waals surface area (Å²) in [5.74, 6) is 1.09. The molecule has 0 spiro atoms. The van der Waals surface area contributed by atoms with Crippen molar-refractivity contribution >= 4 is 33.8 Å². The van der Waals surface area contributed by atoms with Crippen LogP contribution in [-0.4, -0.2) is 17.3 Å². The van der Waals surface area contributed by atoms with E-state index >= 15 is 0 Å². The van der Waals surface area contributed by atoms with E-state index in [0.29, 0.717) is 11.5 Å². The number of rotatable bonds is 6. The number of fused-ring (bicyclic) bond motifs is 1. The van der Waals surface area contributed by atoms with Crippen molar-refractivity contribution in [2.45, 2.75) is 13.0 Å². The molecule has 0 aliphatic carbocycles. The van der Waals surface area contributed by atoms with Gasteiger partial charge in [0.15, 0.2) is 5.82 Å². The summed E-state index contributed by atoms with van der Waals surface area (Å²) in [4.78, 5) is 24.2. The second kappa shape index (κ2) is 6.73. The highest BCUT2D eigenvalue weighted by atomic mass is 16.5. The van der Waals surface area contributed by atoms with Crippen molar-refractivity contribution in [1.82, 2.24) is 10.2 Å². The minimum atomic E-state index is -0.555. The maximum atomic E-state index is 12.1. The topological polar surface area (TPSA) is 122 Å². The molecular formula is C20H19N5O3. The summed E-state index contributed by atoms with van der Waals surface area (Å²) in [5, 5.41) is 13.7. The first-order chi connectivity index (χ1) is 13.5. The van der Waals surface area contributed by atoms with Crippen LogP contribution >= 0.6 is 0 Å². The van der Waals surface area contributed by atoms with E-state index in [4.69, 9.17) is 10.5 Å². The molecule has 1 aromatic heterocycles. The monoisotopic (exact) mass is 377 g/mol. The predicted octanol–water partition coefficient (Wildman–Crippen LogP) is 2.67. The Balaban J connectivity index is 1.59. The first-order valence-electron chi connectivity index (χ1n) is 8.72. The number of hydrogen-bond donors (Lipinski definition) is 4. The molecule has 28 heavy (non-hydrogen) atoms. The van der Waals surface area contributed by atoms with Crippen molar-refractivity contribution in [2.75, 3.05) is 23.5 Å². The Morgan fingerprint density at radius 1 is 1.11 bits per heavy atom. The molecule has 0 amide bonds. The molecule has 0 aliphatic heterocycles. The number of anilines is 4. The van der Waals surface area contributed by atoms with E-state index in [9.17, 15) is 9.59 Å². The van der Waals surface area contributed by atoms with Crippen molar-refractivity contribution in [2.24, 2.45) is 0 Å². The van der Waals surface area contributed by atoms with E-state index in [1.165, 1.54) is 0 Å². The summed E-state index contributed by atoms with van der Waals surface area (Å²) < 4.78 is 5.24. The molecule has 0 radical (unpaired) electrons. The predicted molar refractivity (Wildman–Crippen MR) is 110 cm³/mol. The number of nitrogens with two attached hydrogens (primary N) is 1. The van der Waals surface area contributed by atoms with Gasteiger partial charge in [0.05, 0.1) is 12.6 Å². The number of benzene rings is 2. The number of hydrogen-bond acceptors (Lipinski definition) is 7. The Morgan fingerprint density at radius 2 is 1.89 bits per heavy atom. The maximum Gasteiger partial charge on any atom is 0.253 e. The summed E-state index contributed by atoms with van der Waals surface area (Å²) in [6.45, 7) is 1.91. The lowest BCUT2D eigenvalue weighted by atomic mass is 10.1. The highest BCUT2D eigenvalue weighted by molar-refractivity contribution is 5.92. The molecule has 0 bridgehead atoms. The fourth-order valence-corrected chi connectivity index (χ4v) is 3.12. The molecule has 5 N–H and O–H groups in total. The standard InChI is InChI=1S/C20H19N5O3/c1-10(11-4-3-5-13(8-11)28-2)22-16-17(19(27)18(16)26)23-12-6-7-15-14(9-12)20(21)25-24-15/h3-10,22-23H,1-2H3,(H3,21,24,25)/t10-/m1/s1. The smallest absolute Gasteiger partial charge is 0.253 e. The minimum absolute atomic E-state index is 0.189. The maximum absolute atomic E-state index is 12.1. The quantitative estimate of drug-likeness (QED) is 0.381. The van der Waals surface area contributed by atoms with Crippen LogP contribution in [0.2, 0.25) is 0 Å². The van der Waals surface area contributed by atoms with Gasteiger partial charge in [0.2, 0.25) is 0 Å². The van der Waals surface area contributed by atoms with E-state index in [0.717, 1.165) is 22.2 Å². The Labute approximate surface area is 160 Å². The van der Waals surface area contributed by atoms with Gasteiger partial charge in [-0.1, -0.05) is 12.1 Å². The molecule has 0 aliphatic rings. The third-order valence-electron chi connectivity index (χ3n) is 4.73. The summed E-state index contributed by atoms with van der Waals surface area (Å²) in [6.07, 6.45) is 0. The lowest BCUT2D eigenvalue weighted by Crippen LogP contribution is -2.37. The van der Waals surface area contributed by atoms with Crippen molar-refractivity contribution < 1.29 is 4.74 Å². The van der Waals surface area contributed by atoms with Crippen LogP contribution < -0.4 is 32.0 Å². The lowest BCUT2D eigenvalue weighted by Gasteiger charge is -2.20. The molecule has 0 saturated heterocycles. The van der Waals surface area contributed by atoms with Gasteiger partial charge >= 0.3 is 0 Å². The number of H-pyrrole nitrogens is 1. The largest absolute Gasteiger partial charge is 0.497 e. The first-order valence-corrected chi connectivity index (χ1v) is 8.72. The van der Waals surface area contributed by atoms with Crippen LogP contribution in [0.3, 0.4) is 0 Å². The Bertz CT molecular complexity index is 1240. The highest BCUT2D eigenvalue weighted by Crippen LogP contribution is 2.28. The van der Waals surface area contributed by atoms with Gasteiger partial charge in [-0.25, -0.2) is 0 Å². The number of aromatic amines is 1. The van der Waals surface area contributed by atoms with Gasteiger partial charge in [-0.05, 0) is 42.8 Å². The first kappa shape index (κ1) is 17.6. The van der Waals surface area contributed by atoms with Gasteiger partial charge in [-0.2, -0.15) is 5.10 Å². The van der Waals surface area contributed by atoms with Crippen molar-refractivity contribution in [3.8, 4) is 5.75 Å². The Morgan fingerprint density at radius 3 is 2.68 bits per heavy atom. The van der Waals surface area contributed by atoms with Gasteiger partial charge in [-0.3, -0.25) is 14.7 Å². The van der Waals surface area contributed by atoms with Crippen LogP contribution in [0.4, 0.5) is 22.9 Å². The molecular weight excluding hydrogens is 358 g/mol. The SMILES string of the molecule is COc1cccc([C@@H](C)Nc2c(Nc3ccc4[nH]nc(N)c4c3)c(=O)c2=O)c1. The second-order valence-corrected chi connectivity index (χ2v) is 6.55. The lowest BCUT2D eigenvalue weighted by molar-refractivity contribution is 0.414. The molecule has 8 heteroatoms. The Kier molecular flexibility index (Phi) is 4.23. The highest BCUT2D eigenvalue weighted by Gasteiger charge is 2.23. The fourth-order valence-electron chi connectivity index (χ4n) is 3.12. The number of nitrogen functional groups attached to an aromatic ring is 1. The molecule has 8 nitrogen and oxygen atoms in total. The van der Waals surface area contributed by atoms with Crippen LogP contribution in [0.5, 0.6) is 5.75 Å². The van der Waals surface area contributed by atoms with Gasteiger partial charge in [-0.15, -0.1) is 0 Å². The third-order valence-corrected chi connectivity index (χ3v) is 4.73. The number of nitrogens with zero attached hydrogens (tertiary/aromatic N) is 1. The summed E-state index contributed by atoms with van der Waals surface area (Å²) >= 11 is 0. The molecule has 1 atom stereocenters. The molecule has 4 rings (SSSR count). The van der Waals surface area contributed by atoms with Gasteiger partial charge in [0.25, 0.3) is 10.9 Å². The van der Waals surface area contributed by atoms with Crippen molar-refractivity contribution in [1.29, 1.82) is 0 Å². The van der Waals surface area contributed by atoms with E-state index in [1.807, 2.05) is 31.2 Å². The Hall–Kier alpha value is -3.81.